The molecule has 36 heavy (non-hydrogen) atoms. The summed E-state index contributed by atoms with van der Waals surface area (Å²) >= 11 is 0. The molecule has 2 heteroatoms. The highest BCUT2D eigenvalue weighted by molar-refractivity contribution is 5.58. The van der Waals surface area contributed by atoms with Crippen molar-refractivity contribution in [3.8, 4) is 11.5 Å². The number of fused-ring (bicyclic) bond motifs is 1. The van der Waals surface area contributed by atoms with Crippen molar-refractivity contribution in [3.05, 3.63) is 22.3 Å². The van der Waals surface area contributed by atoms with Crippen LogP contribution in [0.4, 0.5) is 0 Å². The first-order chi connectivity index (χ1) is 16.9. The molecule has 2 nitrogen and oxygen atoms in total. The fourth-order valence-corrected chi connectivity index (χ4v) is 6.23. The maximum Gasteiger partial charge on any atom is 0.127 e. The maximum atomic E-state index is 10.4. The summed E-state index contributed by atoms with van der Waals surface area (Å²) in [5, 5.41) is 10.4. The third-order valence-corrected chi connectivity index (χ3v) is 9.26. The number of aromatic hydroxyl groups is 1. The van der Waals surface area contributed by atoms with Gasteiger partial charge < -0.3 is 9.84 Å². The van der Waals surface area contributed by atoms with E-state index in [2.05, 4.69) is 48.5 Å². The highest BCUT2D eigenvalue weighted by Crippen LogP contribution is 2.44. The van der Waals surface area contributed by atoms with Gasteiger partial charge in [-0.2, -0.15) is 0 Å². The predicted molar refractivity (Wildman–Crippen MR) is 157 cm³/mol. The standard InChI is InChI=1S/C34H60O2/c1-24(2)14-10-15-25(3)16-11-17-26(4)18-12-19-27(5)20-13-22-34(9)23-21-31-30(8)32(35)28(6)29(7)33(31)36-34/h24-27,35H,10-23H2,1-9H3. The van der Waals surface area contributed by atoms with Crippen LogP contribution in [0.25, 0.3) is 0 Å². The summed E-state index contributed by atoms with van der Waals surface area (Å²) in [4.78, 5) is 0. The summed E-state index contributed by atoms with van der Waals surface area (Å²) in [6, 6.07) is 0. The van der Waals surface area contributed by atoms with E-state index in [1.165, 1.54) is 76.2 Å². The number of hydrogen-bond acceptors (Lipinski definition) is 2. The van der Waals surface area contributed by atoms with Crippen LogP contribution in [0.3, 0.4) is 0 Å². The molecule has 0 aliphatic carbocycles. The largest absolute Gasteiger partial charge is 0.507 e. The van der Waals surface area contributed by atoms with Gasteiger partial charge in [0.25, 0.3) is 0 Å². The smallest absolute Gasteiger partial charge is 0.127 e. The minimum atomic E-state index is -0.0756. The quantitative estimate of drug-likeness (QED) is 0.244. The number of hydrogen-bond donors (Lipinski definition) is 1. The lowest BCUT2D eigenvalue weighted by Crippen LogP contribution is -2.37. The lowest BCUT2D eigenvalue weighted by atomic mass is 9.84. The van der Waals surface area contributed by atoms with Crippen LogP contribution in [-0.4, -0.2) is 10.7 Å². The molecular formula is C34H60O2. The highest BCUT2D eigenvalue weighted by Gasteiger charge is 2.34. The lowest BCUT2D eigenvalue weighted by molar-refractivity contribution is 0.0512. The molecule has 2 rings (SSSR count). The number of phenols is 1. The van der Waals surface area contributed by atoms with E-state index in [0.717, 1.165) is 65.4 Å². The Labute approximate surface area is 225 Å². The molecule has 1 heterocycles. The minimum absolute atomic E-state index is 0.0756. The topological polar surface area (TPSA) is 29.5 Å². The molecule has 1 aliphatic rings. The Morgan fingerprint density at radius 1 is 0.694 bits per heavy atom. The fraction of sp³-hybridized carbons (Fsp3) is 0.824. The monoisotopic (exact) mass is 500 g/mol. The van der Waals surface area contributed by atoms with Crippen molar-refractivity contribution >= 4 is 0 Å². The minimum Gasteiger partial charge on any atom is -0.507 e. The molecule has 0 saturated heterocycles. The SMILES string of the molecule is Cc1c(C)c2c(c(C)c1O)CCC(C)(CCCC(C)CCCC(C)CCCC(C)CCCC(C)C)O2. The van der Waals surface area contributed by atoms with E-state index in [1.54, 1.807) is 0 Å². The highest BCUT2D eigenvalue weighted by atomic mass is 16.5. The molecule has 0 spiro atoms. The maximum absolute atomic E-state index is 10.4. The molecule has 0 amide bonds. The van der Waals surface area contributed by atoms with Gasteiger partial charge in [-0.15, -0.1) is 0 Å². The molecule has 1 N–H and O–H groups in total. The lowest BCUT2D eigenvalue weighted by Gasteiger charge is -2.38. The first-order valence-corrected chi connectivity index (χ1v) is 15.4. The van der Waals surface area contributed by atoms with Gasteiger partial charge in [0.1, 0.15) is 17.1 Å². The number of benzene rings is 1. The summed E-state index contributed by atoms with van der Waals surface area (Å²) in [6.07, 6.45) is 18.4. The van der Waals surface area contributed by atoms with E-state index >= 15 is 0 Å². The second-order valence-electron chi connectivity index (χ2n) is 13.5. The third-order valence-electron chi connectivity index (χ3n) is 9.26. The van der Waals surface area contributed by atoms with Crippen LogP contribution < -0.4 is 4.74 Å². The summed E-state index contributed by atoms with van der Waals surface area (Å²) in [5.74, 6) is 4.94. The van der Waals surface area contributed by atoms with Crippen molar-refractivity contribution in [2.45, 2.75) is 158 Å². The van der Waals surface area contributed by atoms with Crippen molar-refractivity contribution in [1.82, 2.24) is 0 Å². The van der Waals surface area contributed by atoms with Crippen LogP contribution in [0.2, 0.25) is 0 Å². The molecule has 1 aromatic rings. The fourth-order valence-electron chi connectivity index (χ4n) is 6.23. The van der Waals surface area contributed by atoms with Crippen molar-refractivity contribution in [3.63, 3.8) is 0 Å². The van der Waals surface area contributed by atoms with Crippen LogP contribution >= 0.6 is 0 Å². The van der Waals surface area contributed by atoms with Crippen molar-refractivity contribution in [1.29, 1.82) is 0 Å². The first kappa shape index (κ1) is 31.0. The zero-order chi connectivity index (χ0) is 26.9. The molecule has 1 aliphatic heterocycles. The number of phenolic OH excluding ortho intramolecular Hbond substituents is 1. The molecule has 0 fully saturated rings. The molecule has 0 aromatic heterocycles. The second-order valence-corrected chi connectivity index (χ2v) is 13.5. The Morgan fingerprint density at radius 2 is 1.17 bits per heavy atom. The van der Waals surface area contributed by atoms with Gasteiger partial charge in [0, 0.05) is 5.56 Å². The van der Waals surface area contributed by atoms with Gasteiger partial charge in [-0.1, -0.05) is 98.8 Å². The Hall–Kier alpha value is -1.18. The Morgan fingerprint density at radius 3 is 1.67 bits per heavy atom. The van der Waals surface area contributed by atoms with Crippen LogP contribution in [-0.2, 0) is 6.42 Å². The van der Waals surface area contributed by atoms with Gasteiger partial charge in [0.05, 0.1) is 0 Å². The van der Waals surface area contributed by atoms with Gasteiger partial charge in [-0.25, -0.2) is 0 Å². The zero-order valence-electron chi connectivity index (χ0n) is 25.6. The Balaban J connectivity index is 1.62. The Kier molecular flexibility index (Phi) is 12.7. The molecule has 208 valence electrons. The molecular weight excluding hydrogens is 440 g/mol. The van der Waals surface area contributed by atoms with Gasteiger partial charge in [0.15, 0.2) is 0 Å². The van der Waals surface area contributed by atoms with E-state index in [4.69, 9.17) is 4.74 Å². The van der Waals surface area contributed by atoms with Crippen LogP contribution in [0.5, 0.6) is 11.5 Å². The van der Waals surface area contributed by atoms with Crippen molar-refractivity contribution in [2.24, 2.45) is 23.7 Å². The molecule has 1 aromatic carbocycles. The van der Waals surface area contributed by atoms with Crippen LogP contribution in [0.15, 0.2) is 0 Å². The molecule has 0 radical (unpaired) electrons. The van der Waals surface area contributed by atoms with Gasteiger partial charge in [-0.3, -0.25) is 0 Å². The molecule has 4 atom stereocenters. The van der Waals surface area contributed by atoms with E-state index in [0.29, 0.717) is 5.75 Å². The van der Waals surface area contributed by atoms with Crippen LogP contribution in [0.1, 0.15) is 147 Å². The normalized spacial score (nSPS) is 20.2. The van der Waals surface area contributed by atoms with Crippen molar-refractivity contribution in [2.75, 3.05) is 0 Å². The van der Waals surface area contributed by atoms with Crippen molar-refractivity contribution < 1.29 is 9.84 Å². The van der Waals surface area contributed by atoms with E-state index < -0.39 is 0 Å². The summed E-state index contributed by atoms with van der Waals surface area (Å²) in [5.41, 5.74) is 4.23. The molecule has 0 bridgehead atoms. The molecule has 0 saturated carbocycles. The van der Waals surface area contributed by atoms with E-state index in [-0.39, 0.29) is 5.60 Å². The second kappa shape index (κ2) is 14.7. The molecule has 4 unspecified atom stereocenters. The van der Waals surface area contributed by atoms with Crippen LogP contribution in [0, 0.1) is 44.4 Å². The average Bonchev–Trinajstić information content (AvgIpc) is 2.81. The zero-order valence-corrected chi connectivity index (χ0v) is 25.6. The first-order valence-electron chi connectivity index (χ1n) is 15.4. The number of rotatable bonds is 16. The summed E-state index contributed by atoms with van der Waals surface area (Å²) in [6.45, 7) is 20.5. The Bertz CT molecular complexity index is 795. The van der Waals surface area contributed by atoms with E-state index in [1.807, 2.05) is 13.8 Å². The average molecular weight is 501 g/mol. The van der Waals surface area contributed by atoms with Gasteiger partial charge in [-0.05, 0) is 93.7 Å². The van der Waals surface area contributed by atoms with Gasteiger partial charge in [0.2, 0.25) is 0 Å². The number of ether oxygens (including phenoxy) is 1. The summed E-state index contributed by atoms with van der Waals surface area (Å²) in [7, 11) is 0. The summed E-state index contributed by atoms with van der Waals surface area (Å²) < 4.78 is 6.64. The predicted octanol–water partition coefficient (Wildman–Crippen LogP) is 10.6. The third kappa shape index (κ3) is 9.60. The van der Waals surface area contributed by atoms with E-state index in [9.17, 15) is 5.11 Å². The van der Waals surface area contributed by atoms with Gasteiger partial charge >= 0.3 is 0 Å².